The van der Waals surface area contributed by atoms with Crippen LogP contribution in [0.15, 0.2) is 28.7 Å². The van der Waals surface area contributed by atoms with Crippen LogP contribution in [-0.2, 0) is 0 Å². The van der Waals surface area contributed by atoms with Gasteiger partial charge in [-0.05, 0) is 50.0 Å². The first-order valence-electron chi connectivity index (χ1n) is 5.81. The van der Waals surface area contributed by atoms with Crippen LogP contribution in [-0.4, -0.2) is 18.0 Å². The molecule has 2 heteroatoms. The Morgan fingerprint density at radius 3 is 3.07 bits per heavy atom. The summed E-state index contributed by atoms with van der Waals surface area (Å²) in [6, 6.07) is 9.41. The molecule has 1 aromatic rings. The lowest BCUT2D eigenvalue weighted by molar-refractivity contribution is 0.258. The Balaban J connectivity index is 2.15. The van der Waals surface area contributed by atoms with Crippen molar-refractivity contribution in [3.8, 4) is 0 Å². The third-order valence-electron chi connectivity index (χ3n) is 3.11. The Labute approximate surface area is 101 Å². The fourth-order valence-electron chi connectivity index (χ4n) is 2.47. The van der Waals surface area contributed by atoms with Gasteiger partial charge in [0.2, 0.25) is 0 Å². The van der Waals surface area contributed by atoms with E-state index in [4.69, 9.17) is 0 Å². The maximum absolute atomic E-state index is 3.55. The van der Waals surface area contributed by atoms with E-state index in [0.29, 0.717) is 6.04 Å². The van der Waals surface area contributed by atoms with Crippen LogP contribution in [0.25, 0.3) is 0 Å². The van der Waals surface area contributed by atoms with E-state index in [1.165, 1.54) is 42.4 Å². The summed E-state index contributed by atoms with van der Waals surface area (Å²) in [6.07, 6.45) is 3.91. The van der Waals surface area contributed by atoms with Crippen molar-refractivity contribution in [2.24, 2.45) is 0 Å². The lowest BCUT2D eigenvalue weighted by atomic mass is 10.0. The van der Waals surface area contributed by atoms with Gasteiger partial charge in [-0.25, -0.2) is 0 Å². The predicted molar refractivity (Wildman–Crippen MR) is 68.0 cm³/mol. The zero-order chi connectivity index (χ0) is 10.7. The van der Waals surface area contributed by atoms with Gasteiger partial charge in [-0.15, -0.1) is 0 Å². The summed E-state index contributed by atoms with van der Waals surface area (Å²) in [7, 11) is 0. The number of rotatable bonds is 3. The molecule has 0 N–H and O–H groups in total. The number of benzene rings is 1. The molecule has 0 spiro atoms. The predicted octanol–water partition coefficient (Wildman–Crippen LogP) is 4.00. The highest BCUT2D eigenvalue weighted by Crippen LogP contribution is 2.32. The first-order valence-corrected chi connectivity index (χ1v) is 6.60. The molecule has 1 fully saturated rings. The molecule has 1 heterocycles. The lowest BCUT2D eigenvalue weighted by Crippen LogP contribution is -2.23. The highest BCUT2D eigenvalue weighted by atomic mass is 79.9. The Bertz CT molecular complexity index is 324. The van der Waals surface area contributed by atoms with Gasteiger partial charge in [0, 0.05) is 10.5 Å². The van der Waals surface area contributed by atoms with E-state index in [1.807, 2.05) is 0 Å². The maximum atomic E-state index is 3.55. The summed E-state index contributed by atoms with van der Waals surface area (Å²) >= 11 is 3.55. The second-order valence-corrected chi connectivity index (χ2v) is 5.16. The third-order valence-corrected chi connectivity index (χ3v) is 3.60. The van der Waals surface area contributed by atoms with Crippen LogP contribution in [0.2, 0.25) is 0 Å². The van der Waals surface area contributed by atoms with Crippen LogP contribution in [0, 0.1) is 0 Å². The van der Waals surface area contributed by atoms with Gasteiger partial charge in [0.05, 0.1) is 0 Å². The standard InChI is InChI=1S/C13H18BrN/c1-2-8-15-9-4-7-13(15)11-5-3-6-12(14)10-11/h3,5-6,10,13H,2,4,7-9H2,1H3. The van der Waals surface area contributed by atoms with Gasteiger partial charge in [-0.3, -0.25) is 4.90 Å². The second kappa shape index (κ2) is 5.13. The molecule has 15 heavy (non-hydrogen) atoms. The molecule has 1 unspecified atom stereocenters. The molecule has 1 saturated heterocycles. The van der Waals surface area contributed by atoms with Crippen molar-refractivity contribution in [1.29, 1.82) is 0 Å². The molecular formula is C13H18BrN. The monoisotopic (exact) mass is 267 g/mol. The number of hydrogen-bond acceptors (Lipinski definition) is 1. The fraction of sp³-hybridized carbons (Fsp3) is 0.538. The number of likely N-dealkylation sites (tertiary alicyclic amines) is 1. The normalized spacial score (nSPS) is 22.1. The maximum Gasteiger partial charge on any atom is 0.0348 e. The molecule has 0 amide bonds. The number of nitrogens with zero attached hydrogens (tertiary/aromatic N) is 1. The van der Waals surface area contributed by atoms with Crippen molar-refractivity contribution < 1.29 is 0 Å². The Morgan fingerprint density at radius 2 is 2.33 bits per heavy atom. The smallest absolute Gasteiger partial charge is 0.0348 e. The molecule has 82 valence electrons. The zero-order valence-corrected chi connectivity index (χ0v) is 10.8. The van der Waals surface area contributed by atoms with Gasteiger partial charge < -0.3 is 0 Å². The van der Waals surface area contributed by atoms with E-state index in [1.54, 1.807) is 0 Å². The average molecular weight is 268 g/mol. The summed E-state index contributed by atoms with van der Waals surface area (Å²) < 4.78 is 1.20. The fourth-order valence-corrected chi connectivity index (χ4v) is 2.89. The first kappa shape index (κ1) is 11.2. The summed E-state index contributed by atoms with van der Waals surface area (Å²) in [5, 5.41) is 0. The van der Waals surface area contributed by atoms with E-state index in [-0.39, 0.29) is 0 Å². The van der Waals surface area contributed by atoms with E-state index in [0.717, 1.165) is 0 Å². The molecule has 1 aromatic carbocycles. The molecule has 1 aliphatic heterocycles. The third kappa shape index (κ3) is 2.61. The summed E-state index contributed by atoms with van der Waals surface area (Å²) in [4.78, 5) is 2.61. The van der Waals surface area contributed by atoms with Crippen molar-refractivity contribution in [1.82, 2.24) is 4.90 Å². The van der Waals surface area contributed by atoms with Gasteiger partial charge in [-0.2, -0.15) is 0 Å². The molecule has 0 saturated carbocycles. The van der Waals surface area contributed by atoms with Gasteiger partial charge in [0.25, 0.3) is 0 Å². The van der Waals surface area contributed by atoms with E-state index in [2.05, 4.69) is 52.0 Å². The number of halogens is 1. The molecular weight excluding hydrogens is 250 g/mol. The minimum absolute atomic E-state index is 0.655. The van der Waals surface area contributed by atoms with Gasteiger partial charge in [0.15, 0.2) is 0 Å². The Hall–Kier alpha value is -0.340. The van der Waals surface area contributed by atoms with Crippen LogP contribution < -0.4 is 0 Å². The van der Waals surface area contributed by atoms with Crippen LogP contribution in [0.4, 0.5) is 0 Å². The molecule has 0 aliphatic carbocycles. The lowest BCUT2D eigenvalue weighted by Gasteiger charge is -2.24. The Morgan fingerprint density at radius 1 is 1.47 bits per heavy atom. The minimum atomic E-state index is 0.655. The molecule has 0 aromatic heterocycles. The van der Waals surface area contributed by atoms with E-state index < -0.39 is 0 Å². The highest BCUT2D eigenvalue weighted by molar-refractivity contribution is 9.10. The van der Waals surface area contributed by atoms with Crippen molar-refractivity contribution in [3.05, 3.63) is 34.3 Å². The quantitative estimate of drug-likeness (QED) is 0.801. The average Bonchev–Trinajstić information content (AvgIpc) is 2.66. The molecule has 0 bridgehead atoms. The SMILES string of the molecule is CCCN1CCCC1c1cccc(Br)c1. The summed E-state index contributed by atoms with van der Waals surface area (Å²) in [5.41, 5.74) is 1.47. The molecule has 2 rings (SSSR count). The van der Waals surface area contributed by atoms with Crippen molar-refractivity contribution >= 4 is 15.9 Å². The Kier molecular flexibility index (Phi) is 3.81. The molecule has 1 aliphatic rings. The van der Waals surface area contributed by atoms with Gasteiger partial charge in [-0.1, -0.05) is 35.0 Å². The van der Waals surface area contributed by atoms with Crippen molar-refractivity contribution in [2.45, 2.75) is 32.2 Å². The first-order chi connectivity index (χ1) is 7.31. The van der Waals surface area contributed by atoms with Gasteiger partial charge >= 0.3 is 0 Å². The van der Waals surface area contributed by atoms with Crippen LogP contribution in [0.5, 0.6) is 0 Å². The summed E-state index contributed by atoms with van der Waals surface area (Å²) in [6.45, 7) is 4.76. The van der Waals surface area contributed by atoms with Crippen LogP contribution >= 0.6 is 15.9 Å². The van der Waals surface area contributed by atoms with E-state index >= 15 is 0 Å². The highest BCUT2D eigenvalue weighted by Gasteiger charge is 2.24. The van der Waals surface area contributed by atoms with Crippen LogP contribution in [0.3, 0.4) is 0 Å². The topological polar surface area (TPSA) is 3.24 Å². The number of hydrogen-bond donors (Lipinski definition) is 0. The van der Waals surface area contributed by atoms with Crippen molar-refractivity contribution in [2.75, 3.05) is 13.1 Å². The van der Waals surface area contributed by atoms with Gasteiger partial charge in [0.1, 0.15) is 0 Å². The second-order valence-electron chi connectivity index (χ2n) is 4.25. The largest absolute Gasteiger partial charge is 0.296 e. The summed E-state index contributed by atoms with van der Waals surface area (Å²) in [5.74, 6) is 0. The molecule has 1 nitrogen and oxygen atoms in total. The van der Waals surface area contributed by atoms with E-state index in [9.17, 15) is 0 Å². The minimum Gasteiger partial charge on any atom is -0.296 e. The van der Waals surface area contributed by atoms with Crippen molar-refractivity contribution in [3.63, 3.8) is 0 Å². The van der Waals surface area contributed by atoms with Crippen LogP contribution in [0.1, 0.15) is 37.8 Å². The molecule has 1 atom stereocenters. The molecule has 0 radical (unpaired) electrons. The zero-order valence-electron chi connectivity index (χ0n) is 9.25.